The fraction of sp³-hybridized carbons (Fsp3) is 0.0556. The van der Waals surface area contributed by atoms with Gasteiger partial charge in [-0.1, -0.05) is 60.1 Å². The fourth-order valence-electron chi connectivity index (χ4n) is 2.21. The third-order valence-corrected chi connectivity index (χ3v) is 3.83. The van der Waals surface area contributed by atoms with E-state index in [1.165, 1.54) is 0 Å². The number of hydrogen-bond donors (Lipinski definition) is 1. The molecule has 0 aliphatic carbocycles. The summed E-state index contributed by atoms with van der Waals surface area (Å²) in [6.07, 6.45) is 1.57. The molecule has 24 heavy (non-hydrogen) atoms. The second kappa shape index (κ2) is 7.10. The molecular formula is C18H16ClN5. The summed E-state index contributed by atoms with van der Waals surface area (Å²) in [5.74, 6) is 0.344. The molecule has 2 aromatic carbocycles. The molecule has 3 rings (SSSR count). The zero-order valence-electron chi connectivity index (χ0n) is 13.1. The van der Waals surface area contributed by atoms with Crippen LogP contribution in [0.4, 0.5) is 0 Å². The van der Waals surface area contributed by atoms with Crippen molar-refractivity contribution in [2.24, 2.45) is 15.9 Å². The minimum Gasteiger partial charge on any atom is -0.382 e. The molecule has 6 heteroatoms. The van der Waals surface area contributed by atoms with Crippen molar-refractivity contribution in [3.8, 4) is 5.69 Å². The first kappa shape index (κ1) is 16.0. The molecular weight excluding hydrogens is 322 g/mol. The van der Waals surface area contributed by atoms with Crippen LogP contribution in [0.25, 0.3) is 5.69 Å². The van der Waals surface area contributed by atoms with Crippen molar-refractivity contribution in [2.45, 2.75) is 6.92 Å². The predicted molar refractivity (Wildman–Crippen MR) is 98.1 cm³/mol. The third-order valence-electron chi connectivity index (χ3n) is 3.47. The summed E-state index contributed by atoms with van der Waals surface area (Å²) in [6, 6.07) is 19.1. The van der Waals surface area contributed by atoms with Crippen molar-refractivity contribution in [1.82, 2.24) is 9.78 Å². The van der Waals surface area contributed by atoms with Crippen molar-refractivity contribution in [2.75, 3.05) is 0 Å². The SMILES string of the molecule is Cc1nn(-c2ccccc2)c(Cl)c1/C=N/N=C(/N)c1ccccc1. The first-order valence-electron chi connectivity index (χ1n) is 7.39. The zero-order valence-corrected chi connectivity index (χ0v) is 13.9. The maximum Gasteiger partial charge on any atom is 0.153 e. The number of aryl methyl sites for hydroxylation is 1. The number of nitrogens with zero attached hydrogens (tertiary/aromatic N) is 4. The van der Waals surface area contributed by atoms with Crippen molar-refractivity contribution >= 4 is 23.7 Å². The summed E-state index contributed by atoms with van der Waals surface area (Å²) in [6.45, 7) is 1.87. The molecule has 0 spiro atoms. The molecule has 1 heterocycles. The van der Waals surface area contributed by atoms with Gasteiger partial charge in [-0.15, -0.1) is 5.10 Å². The molecule has 0 unspecified atom stereocenters. The van der Waals surface area contributed by atoms with Gasteiger partial charge in [0.15, 0.2) is 5.84 Å². The summed E-state index contributed by atoms with van der Waals surface area (Å²) in [5, 5.41) is 13.0. The van der Waals surface area contributed by atoms with Crippen molar-refractivity contribution in [1.29, 1.82) is 0 Å². The van der Waals surface area contributed by atoms with Gasteiger partial charge in [0, 0.05) is 5.56 Å². The Hall–Kier alpha value is -2.92. The van der Waals surface area contributed by atoms with E-state index in [1.807, 2.05) is 67.6 Å². The minimum atomic E-state index is 0.344. The Morgan fingerprint density at radius 2 is 1.71 bits per heavy atom. The number of rotatable bonds is 4. The maximum absolute atomic E-state index is 6.43. The molecule has 2 N–H and O–H groups in total. The van der Waals surface area contributed by atoms with Crippen LogP contribution in [0.2, 0.25) is 5.15 Å². The molecule has 1 aromatic heterocycles. The second-order valence-corrected chi connectivity index (χ2v) is 5.49. The van der Waals surface area contributed by atoms with E-state index in [-0.39, 0.29) is 0 Å². The number of para-hydroxylation sites is 1. The average Bonchev–Trinajstić information content (AvgIpc) is 2.91. The van der Waals surface area contributed by atoms with Crippen molar-refractivity contribution in [3.63, 3.8) is 0 Å². The Labute approximate surface area is 145 Å². The molecule has 3 aromatic rings. The van der Waals surface area contributed by atoms with Gasteiger partial charge < -0.3 is 5.73 Å². The van der Waals surface area contributed by atoms with E-state index in [1.54, 1.807) is 10.9 Å². The molecule has 0 fully saturated rings. The van der Waals surface area contributed by atoms with Crippen LogP contribution in [0.1, 0.15) is 16.8 Å². The number of benzene rings is 2. The minimum absolute atomic E-state index is 0.344. The second-order valence-electron chi connectivity index (χ2n) is 5.13. The molecule has 120 valence electrons. The Morgan fingerprint density at radius 1 is 1.08 bits per heavy atom. The van der Waals surface area contributed by atoms with E-state index in [0.717, 1.165) is 16.9 Å². The summed E-state index contributed by atoms with van der Waals surface area (Å²) < 4.78 is 1.67. The van der Waals surface area contributed by atoms with E-state index in [2.05, 4.69) is 15.3 Å². The van der Waals surface area contributed by atoms with Crippen LogP contribution in [0.5, 0.6) is 0 Å². The van der Waals surface area contributed by atoms with Gasteiger partial charge in [0.1, 0.15) is 5.15 Å². The number of halogens is 1. The molecule has 0 saturated carbocycles. The van der Waals surface area contributed by atoms with Gasteiger partial charge >= 0.3 is 0 Å². The van der Waals surface area contributed by atoms with Crippen LogP contribution < -0.4 is 5.73 Å². The first-order chi connectivity index (χ1) is 11.7. The largest absolute Gasteiger partial charge is 0.382 e. The Balaban J connectivity index is 1.87. The summed E-state index contributed by atoms with van der Waals surface area (Å²) in [5.41, 5.74) is 9.10. The highest BCUT2D eigenvalue weighted by Gasteiger charge is 2.12. The predicted octanol–water partition coefficient (Wildman–Crippen LogP) is 3.57. The molecule has 0 radical (unpaired) electrons. The van der Waals surface area contributed by atoms with Gasteiger partial charge in [0.05, 0.1) is 23.2 Å². The van der Waals surface area contributed by atoms with Gasteiger partial charge in [-0.05, 0) is 19.1 Å². The number of nitrogens with two attached hydrogens (primary N) is 1. The Morgan fingerprint density at radius 3 is 2.38 bits per heavy atom. The van der Waals surface area contributed by atoms with Crippen LogP contribution >= 0.6 is 11.6 Å². The van der Waals surface area contributed by atoms with Crippen LogP contribution in [-0.2, 0) is 0 Å². The van der Waals surface area contributed by atoms with Gasteiger partial charge in [0.25, 0.3) is 0 Å². The lowest BCUT2D eigenvalue weighted by atomic mass is 10.2. The standard InChI is InChI=1S/C18H16ClN5/c1-13-16(12-21-22-18(20)14-8-4-2-5-9-14)17(19)24(23-13)15-10-6-3-7-11-15/h2-12H,1H3,(H2,20,22)/b21-12+. The van der Waals surface area contributed by atoms with Crippen molar-refractivity contribution in [3.05, 3.63) is 82.6 Å². The smallest absolute Gasteiger partial charge is 0.153 e. The van der Waals surface area contributed by atoms with Gasteiger partial charge in [-0.2, -0.15) is 10.2 Å². The molecule has 0 atom stereocenters. The van der Waals surface area contributed by atoms with E-state index in [0.29, 0.717) is 16.6 Å². The number of aromatic nitrogens is 2. The van der Waals surface area contributed by atoms with E-state index in [4.69, 9.17) is 17.3 Å². The van der Waals surface area contributed by atoms with Crippen LogP contribution in [0.15, 0.2) is 70.9 Å². The quantitative estimate of drug-likeness (QED) is 0.449. The summed E-state index contributed by atoms with van der Waals surface area (Å²) >= 11 is 6.43. The number of hydrogen-bond acceptors (Lipinski definition) is 3. The molecule has 0 bridgehead atoms. The average molecular weight is 338 g/mol. The molecule has 5 nitrogen and oxygen atoms in total. The lowest BCUT2D eigenvalue weighted by Gasteiger charge is -2.01. The summed E-state index contributed by atoms with van der Waals surface area (Å²) in [7, 11) is 0. The van der Waals surface area contributed by atoms with Crippen molar-refractivity contribution < 1.29 is 0 Å². The monoisotopic (exact) mass is 337 g/mol. The normalized spacial score (nSPS) is 12.0. The Bertz CT molecular complexity index is 883. The first-order valence-corrected chi connectivity index (χ1v) is 7.77. The van der Waals surface area contributed by atoms with Crippen LogP contribution in [-0.4, -0.2) is 21.8 Å². The zero-order chi connectivity index (χ0) is 16.9. The highest BCUT2D eigenvalue weighted by atomic mass is 35.5. The maximum atomic E-state index is 6.43. The number of amidine groups is 1. The fourth-order valence-corrected chi connectivity index (χ4v) is 2.53. The highest BCUT2D eigenvalue weighted by Crippen LogP contribution is 2.21. The molecule has 0 aliphatic heterocycles. The molecule has 0 saturated heterocycles. The lowest BCUT2D eigenvalue weighted by molar-refractivity contribution is 0.863. The summed E-state index contributed by atoms with van der Waals surface area (Å²) in [4.78, 5) is 0. The van der Waals surface area contributed by atoms with Crippen LogP contribution in [0.3, 0.4) is 0 Å². The third kappa shape index (κ3) is 3.36. The molecule has 0 amide bonds. The van der Waals surface area contributed by atoms with E-state index < -0.39 is 0 Å². The van der Waals surface area contributed by atoms with Gasteiger partial charge in [-0.3, -0.25) is 0 Å². The molecule has 0 aliphatic rings. The van der Waals surface area contributed by atoms with E-state index >= 15 is 0 Å². The topological polar surface area (TPSA) is 68.6 Å². The Kier molecular flexibility index (Phi) is 4.72. The van der Waals surface area contributed by atoms with E-state index in [9.17, 15) is 0 Å². The van der Waals surface area contributed by atoms with Gasteiger partial charge in [0.2, 0.25) is 0 Å². The van der Waals surface area contributed by atoms with Crippen LogP contribution in [0, 0.1) is 6.92 Å². The van der Waals surface area contributed by atoms with Gasteiger partial charge in [-0.25, -0.2) is 4.68 Å². The lowest BCUT2D eigenvalue weighted by Crippen LogP contribution is -2.12. The highest BCUT2D eigenvalue weighted by molar-refractivity contribution is 6.32.